The van der Waals surface area contributed by atoms with Crippen LogP contribution in [0, 0.1) is 17.7 Å². The highest BCUT2D eigenvalue weighted by molar-refractivity contribution is 5.70. The molecule has 1 amide bonds. The average Bonchev–Trinajstić information content (AvgIpc) is 3.01. The third-order valence-corrected chi connectivity index (χ3v) is 2.89. The minimum atomic E-state index is -0.442. The van der Waals surface area contributed by atoms with Gasteiger partial charge in [0.25, 0.3) is 0 Å². The Morgan fingerprint density at radius 2 is 1.88 bits per heavy atom. The van der Waals surface area contributed by atoms with E-state index in [1.807, 2.05) is 13.0 Å². The zero-order valence-electron chi connectivity index (χ0n) is 13.1. The molecule has 2 aromatic heterocycles. The van der Waals surface area contributed by atoms with E-state index in [0.717, 1.165) is 11.8 Å². The molecule has 0 radical (unpaired) electrons. The largest absolute Gasteiger partial charge is 0.447 e. The molecule has 1 fully saturated rings. The zero-order chi connectivity index (χ0) is 17.4. The Labute approximate surface area is 139 Å². The topological polar surface area (TPSA) is 64.1 Å². The molecule has 2 aromatic rings. The van der Waals surface area contributed by atoms with Crippen LogP contribution in [-0.2, 0) is 4.74 Å². The number of rotatable bonds is 1. The molecule has 0 aliphatic carbocycles. The molecule has 0 unspecified atom stereocenters. The Morgan fingerprint density at radius 1 is 1.25 bits per heavy atom. The predicted octanol–water partition coefficient (Wildman–Crippen LogP) is 2.99. The lowest BCUT2D eigenvalue weighted by molar-refractivity contribution is 0.177. The molecule has 0 spiro atoms. The Bertz CT molecular complexity index is 796. The molecule has 122 valence electrons. The second-order valence-corrected chi connectivity index (χ2v) is 4.85. The third-order valence-electron chi connectivity index (χ3n) is 2.89. The molecule has 24 heavy (non-hydrogen) atoms. The van der Waals surface area contributed by atoms with Crippen molar-refractivity contribution in [1.29, 1.82) is 0 Å². The highest BCUT2D eigenvalue weighted by Crippen LogP contribution is 2.17. The van der Waals surface area contributed by atoms with Gasteiger partial charge in [-0.05, 0) is 24.6 Å². The zero-order valence-corrected chi connectivity index (χ0v) is 13.1. The fourth-order valence-corrected chi connectivity index (χ4v) is 1.91. The fraction of sp³-hybridized carbons (Fsp3) is 0.167. The Kier molecular flexibility index (Phi) is 6.03. The van der Waals surface area contributed by atoms with Crippen LogP contribution >= 0.6 is 0 Å². The average molecular weight is 325 g/mol. The molecule has 0 bridgehead atoms. The minimum absolute atomic E-state index is 0.220. The maximum atomic E-state index is 13.0. The van der Waals surface area contributed by atoms with E-state index in [-0.39, 0.29) is 12.6 Å². The number of hydrogen-bond donors (Lipinski definition) is 1. The van der Waals surface area contributed by atoms with Gasteiger partial charge in [-0.15, -0.1) is 6.58 Å². The minimum Gasteiger partial charge on any atom is -0.447 e. The number of amides is 1. The second kappa shape index (κ2) is 8.44. The number of nitrogens with one attached hydrogen (secondary N) is 1. The second-order valence-electron chi connectivity index (χ2n) is 4.85. The molecular formula is C18H16FN3O2. The lowest BCUT2D eigenvalue weighted by Gasteiger charge is -2.06. The number of carbonyl (C=O) groups excluding carboxylic acids is 1. The smallest absolute Gasteiger partial charge is 0.407 e. The maximum absolute atomic E-state index is 13.0. The molecular weight excluding hydrogens is 309 g/mol. The maximum Gasteiger partial charge on any atom is 0.407 e. The molecule has 1 N–H and O–H groups in total. The number of cyclic esters (lactones) is 1. The lowest BCUT2D eigenvalue weighted by atomic mass is 10.1. The van der Waals surface area contributed by atoms with Gasteiger partial charge in [-0.3, -0.25) is 9.97 Å². The summed E-state index contributed by atoms with van der Waals surface area (Å²) in [7, 11) is 0. The van der Waals surface area contributed by atoms with Crippen molar-refractivity contribution in [2.24, 2.45) is 0 Å². The van der Waals surface area contributed by atoms with Crippen molar-refractivity contribution in [3.8, 4) is 11.8 Å². The third kappa shape index (κ3) is 4.92. The van der Waals surface area contributed by atoms with E-state index < -0.39 is 11.9 Å². The number of alkyl carbamates (subject to hydrolysis) is 1. The molecule has 1 atom stereocenters. The molecule has 0 saturated carbocycles. The van der Waals surface area contributed by atoms with E-state index in [0.29, 0.717) is 11.1 Å². The van der Waals surface area contributed by atoms with E-state index >= 15 is 0 Å². The van der Waals surface area contributed by atoms with Gasteiger partial charge in [-0.2, -0.15) is 0 Å². The molecule has 3 rings (SSSR count). The quantitative estimate of drug-likeness (QED) is 0.647. The number of pyridine rings is 2. The van der Waals surface area contributed by atoms with Crippen molar-refractivity contribution < 1.29 is 13.9 Å². The summed E-state index contributed by atoms with van der Waals surface area (Å²) >= 11 is 0. The van der Waals surface area contributed by atoms with Gasteiger partial charge < -0.3 is 10.1 Å². The van der Waals surface area contributed by atoms with Crippen LogP contribution in [0.5, 0.6) is 0 Å². The van der Waals surface area contributed by atoms with Crippen LogP contribution in [0.1, 0.15) is 29.7 Å². The molecule has 1 aliphatic heterocycles. The summed E-state index contributed by atoms with van der Waals surface area (Å²) in [6, 6.07) is 2.90. The number of nitrogens with zero attached hydrogens (tertiary/aromatic N) is 2. The Balaban J connectivity index is 0.000000647. The SMILES string of the molecule is C=CC.O=C1N[C@H](c2cncc(C#Cc3cncc(F)c3)c2)CO1. The predicted molar refractivity (Wildman–Crippen MR) is 87.5 cm³/mol. The summed E-state index contributed by atoms with van der Waals surface area (Å²) in [6.07, 6.45) is 7.16. The first-order valence-corrected chi connectivity index (χ1v) is 7.20. The molecule has 1 aliphatic rings. The summed E-state index contributed by atoms with van der Waals surface area (Å²) in [5, 5.41) is 2.67. The number of aromatic nitrogens is 2. The van der Waals surface area contributed by atoms with Crippen LogP contribution in [0.25, 0.3) is 0 Å². The molecule has 1 saturated heterocycles. The monoisotopic (exact) mass is 325 g/mol. The number of carbonyl (C=O) groups is 1. The molecule has 0 aromatic carbocycles. The fourth-order valence-electron chi connectivity index (χ4n) is 1.91. The highest BCUT2D eigenvalue weighted by atomic mass is 19.1. The standard InChI is InChI=1S/C15H10FN3O2.C3H6/c16-13-4-11(6-18-8-13)2-1-10-3-12(7-17-5-10)14-9-21-15(20)19-14;1-3-2/h3-8,14H,9H2,(H,19,20);3H,1H2,2H3/t14-;/m0./s1. The van der Waals surface area contributed by atoms with Gasteiger partial charge in [0, 0.05) is 29.7 Å². The Morgan fingerprint density at radius 3 is 2.46 bits per heavy atom. The van der Waals surface area contributed by atoms with Crippen molar-refractivity contribution in [2.75, 3.05) is 6.61 Å². The number of halogens is 1. The van der Waals surface area contributed by atoms with Crippen molar-refractivity contribution in [3.63, 3.8) is 0 Å². The van der Waals surface area contributed by atoms with Gasteiger partial charge in [-0.1, -0.05) is 17.9 Å². The van der Waals surface area contributed by atoms with E-state index in [1.165, 1.54) is 12.3 Å². The van der Waals surface area contributed by atoms with E-state index in [4.69, 9.17) is 4.74 Å². The van der Waals surface area contributed by atoms with Crippen LogP contribution in [0.4, 0.5) is 9.18 Å². The van der Waals surface area contributed by atoms with Gasteiger partial charge in [-0.25, -0.2) is 9.18 Å². The van der Waals surface area contributed by atoms with Crippen LogP contribution in [0.2, 0.25) is 0 Å². The number of allylic oxidation sites excluding steroid dienone is 1. The summed E-state index contributed by atoms with van der Waals surface area (Å²) in [6.45, 7) is 5.52. The number of hydrogen-bond acceptors (Lipinski definition) is 4. The molecule has 3 heterocycles. The first-order chi connectivity index (χ1) is 11.6. The van der Waals surface area contributed by atoms with Gasteiger partial charge in [0.05, 0.1) is 12.2 Å². The van der Waals surface area contributed by atoms with Crippen LogP contribution in [0.3, 0.4) is 0 Å². The van der Waals surface area contributed by atoms with Crippen molar-refractivity contribution in [2.45, 2.75) is 13.0 Å². The summed E-state index contributed by atoms with van der Waals surface area (Å²) in [4.78, 5) is 18.8. The summed E-state index contributed by atoms with van der Waals surface area (Å²) in [5.74, 6) is 5.28. The molecule has 5 nitrogen and oxygen atoms in total. The van der Waals surface area contributed by atoms with Crippen molar-refractivity contribution in [3.05, 3.63) is 72.1 Å². The first kappa shape index (κ1) is 17.2. The van der Waals surface area contributed by atoms with Gasteiger partial charge in [0.2, 0.25) is 0 Å². The van der Waals surface area contributed by atoms with Crippen LogP contribution in [-0.4, -0.2) is 22.7 Å². The van der Waals surface area contributed by atoms with Crippen molar-refractivity contribution in [1.82, 2.24) is 15.3 Å². The Hall–Kier alpha value is -3.20. The van der Waals surface area contributed by atoms with Gasteiger partial charge in [0.15, 0.2) is 0 Å². The van der Waals surface area contributed by atoms with Crippen LogP contribution in [0.15, 0.2) is 49.6 Å². The van der Waals surface area contributed by atoms with E-state index in [2.05, 4.69) is 33.7 Å². The summed E-state index contributed by atoms with van der Waals surface area (Å²) < 4.78 is 17.8. The van der Waals surface area contributed by atoms with Crippen molar-refractivity contribution >= 4 is 6.09 Å². The first-order valence-electron chi connectivity index (χ1n) is 7.20. The lowest BCUT2D eigenvalue weighted by Crippen LogP contribution is -2.18. The van der Waals surface area contributed by atoms with Gasteiger partial charge >= 0.3 is 6.09 Å². The summed E-state index contributed by atoms with van der Waals surface area (Å²) in [5.41, 5.74) is 1.96. The number of ether oxygens (including phenoxy) is 1. The van der Waals surface area contributed by atoms with Gasteiger partial charge in [0.1, 0.15) is 12.4 Å². The highest BCUT2D eigenvalue weighted by Gasteiger charge is 2.23. The van der Waals surface area contributed by atoms with E-state index in [9.17, 15) is 9.18 Å². The van der Waals surface area contributed by atoms with Crippen LogP contribution < -0.4 is 5.32 Å². The normalized spacial score (nSPS) is 15.1. The van der Waals surface area contributed by atoms with E-state index in [1.54, 1.807) is 18.5 Å². The molecule has 6 heteroatoms.